The van der Waals surface area contributed by atoms with Crippen LogP contribution in [0.3, 0.4) is 0 Å². The number of benzene rings is 2. The minimum atomic E-state index is -3.33. The van der Waals surface area contributed by atoms with Crippen molar-refractivity contribution in [1.29, 1.82) is 0 Å². The smallest absolute Gasteiger partial charge is 0.274 e. The highest BCUT2D eigenvalue weighted by atomic mass is 32.2. The molecule has 1 N–H and O–H groups in total. The summed E-state index contributed by atoms with van der Waals surface area (Å²) in [6.45, 7) is 0. The molecule has 148 valence electrons. The molecule has 0 radical (unpaired) electrons. The highest BCUT2D eigenvalue weighted by Crippen LogP contribution is 2.36. The summed E-state index contributed by atoms with van der Waals surface area (Å²) in [5.74, 6) is -0.144. The lowest BCUT2D eigenvalue weighted by Crippen LogP contribution is -2.26. The number of nitrogens with one attached hydrogen (secondary N) is 1. The Morgan fingerprint density at radius 1 is 1.07 bits per heavy atom. The lowest BCUT2D eigenvalue weighted by Gasteiger charge is -2.20. The van der Waals surface area contributed by atoms with E-state index in [0.717, 1.165) is 22.4 Å². The van der Waals surface area contributed by atoms with Crippen molar-refractivity contribution >= 4 is 38.7 Å². The third-order valence-corrected chi connectivity index (χ3v) is 6.11. The summed E-state index contributed by atoms with van der Waals surface area (Å²) < 4.78 is 25.2. The Bertz CT molecular complexity index is 1140. The molecule has 1 aromatic heterocycles. The van der Waals surface area contributed by atoms with Crippen LogP contribution < -0.4 is 4.72 Å². The molecule has 0 unspecified atom stereocenters. The van der Waals surface area contributed by atoms with Crippen molar-refractivity contribution in [2.24, 2.45) is 5.10 Å². The zero-order valence-electron chi connectivity index (χ0n) is 15.6. The Morgan fingerprint density at radius 2 is 1.79 bits per heavy atom. The highest BCUT2D eigenvalue weighted by Gasteiger charge is 2.34. The van der Waals surface area contributed by atoms with Gasteiger partial charge < -0.3 is 0 Å². The number of amides is 1. The summed E-state index contributed by atoms with van der Waals surface area (Å²) in [5, 5.41) is 8.19. The average Bonchev–Trinajstić information content (AvgIpc) is 3.37. The summed E-state index contributed by atoms with van der Waals surface area (Å²) in [6, 6.07) is 19.9. The third-order valence-electron chi connectivity index (χ3n) is 4.53. The number of rotatable bonds is 5. The van der Waals surface area contributed by atoms with E-state index in [4.69, 9.17) is 0 Å². The third kappa shape index (κ3) is 4.38. The summed E-state index contributed by atoms with van der Waals surface area (Å²) in [7, 11) is -3.33. The number of sulfonamides is 1. The monoisotopic (exact) mass is 425 g/mol. The number of hydrogen-bond acceptors (Lipinski definition) is 5. The zero-order valence-corrected chi connectivity index (χ0v) is 17.3. The first-order chi connectivity index (χ1) is 13.9. The van der Waals surface area contributed by atoms with E-state index in [9.17, 15) is 13.2 Å². The van der Waals surface area contributed by atoms with E-state index < -0.39 is 10.0 Å². The molecule has 1 amide bonds. The van der Waals surface area contributed by atoms with Crippen LogP contribution in [0, 0.1) is 0 Å². The van der Waals surface area contributed by atoms with Gasteiger partial charge in [-0.2, -0.15) is 5.10 Å². The molecule has 2 aromatic carbocycles. The molecule has 0 aliphatic carbocycles. The van der Waals surface area contributed by atoms with Gasteiger partial charge in [0.05, 0.1) is 18.0 Å². The molecular formula is C21H19N3O3S2. The van der Waals surface area contributed by atoms with Crippen LogP contribution in [0.15, 0.2) is 77.2 Å². The maximum atomic E-state index is 13.1. The Morgan fingerprint density at radius 3 is 2.41 bits per heavy atom. The van der Waals surface area contributed by atoms with Crippen LogP contribution in [0.1, 0.15) is 33.3 Å². The van der Waals surface area contributed by atoms with Crippen molar-refractivity contribution in [3.05, 3.63) is 88.1 Å². The van der Waals surface area contributed by atoms with Gasteiger partial charge in [0.25, 0.3) is 5.91 Å². The van der Waals surface area contributed by atoms with Crippen molar-refractivity contribution in [2.45, 2.75) is 12.5 Å². The van der Waals surface area contributed by atoms with Crippen LogP contribution in [-0.4, -0.2) is 31.3 Å². The van der Waals surface area contributed by atoms with Crippen LogP contribution in [-0.2, 0) is 10.0 Å². The number of hydrazone groups is 1. The van der Waals surface area contributed by atoms with Crippen LogP contribution in [0.5, 0.6) is 0 Å². The molecular weight excluding hydrogens is 406 g/mol. The quantitative estimate of drug-likeness (QED) is 0.668. The molecule has 0 saturated carbocycles. The van der Waals surface area contributed by atoms with E-state index in [-0.39, 0.29) is 11.9 Å². The van der Waals surface area contributed by atoms with Gasteiger partial charge in [0.2, 0.25) is 10.0 Å². The van der Waals surface area contributed by atoms with Gasteiger partial charge in [0.15, 0.2) is 0 Å². The van der Waals surface area contributed by atoms with Gasteiger partial charge in [-0.1, -0.05) is 36.4 Å². The first-order valence-corrected chi connectivity index (χ1v) is 11.8. The molecule has 6 nitrogen and oxygen atoms in total. The highest BCUT2D eigenvalue weighted by molar-refractivity contribution is 7.92. The van der Waals surface area contributed by atoms with Crippen LogP contribution in [0.25, 0.3) is 0 Å². The summed E-state index contributed by atoms with van der Waals surface area (Å²) in [4.78, 5) is 14.2. The fourth-order valence-corrected chi connectivity index (χ4v) is 4.61. The first-order valence-electron chi connectivity index (χ1n) is 8.98. The number of anilines is 1. The summed E-state index contributed by atoms with van der Waals surface area (Å²) >= 11 is 1.60. The van der Waals surface area contributed by atoms with Gasteiger partial charge in [0, 0.05) is 22.5 Å². The van der Waals surface area contributed by atoms with Gasteiger partial charge in [-0.25, -0.2) is 13.4 Å². The number of hydrogen-bond donors (Lipinski definition) is 1. The van der Waals surface area contributed by atoms with Crippen LogP contribution >= 0.6 is 11.3 Å². The van der Waals surface area contributed by atoms with Gasteiger partial charge in [-0.15, -0.1) is 11.3 Å². The van der Waals surface area contributed by atoms with Crippen molar-refractivity contribution in [2.75, 3.05) is 11.0 Å². The molecule has 1 aliphatic rings. The van der Waals surface area contributed by atoms with Gasteiger partial charge in [0.1, 0.15) is 0 Å². The van der Waals surface area contributed by atoms with Crippen molar-refractivity contribution < 1.29 is 13.2 Å². The Labute approximate surface area is 173 Å². The molecule has 4 rings (SSSR count). The second-order valence-corrected chi connectivity index (χ2v) is 9.48. The fourth-order valence-electron chi connectivity index (χ4n) is 3.23. The van der Waals surface area contributed by atoms with E-state index in [1.165, 1.54) is 0 Å². The molecule has 1 atom stereocenters. The second-order valence-electron chi connectivity index (χ2n) is 6.75. The zero-order chi connectivity index (χ0) is 20.4. The predicted molar refractivity (Wildman–Crippen MR) is 116 cm³/mol. The standard InChI is InChI=1S/C21H19N3O3S2/c1-29(26,27)23-17-11-9-15(10-12-17)18-14-19(20-8-5-13-28-20)24(22-18)21(25)16-6-3-2-4-7-16/h2-13,19,23H,14H2,1H3/t19-/m1/s1. The van der Waals surface area contributed by atoms with Crippen LogP contribution in [0.2, 0.25) is 0 Å². The van der Waals surface area contributed by atoms with E-state index in [1.54, 1.807) is 40.6 Å². The number of carbonyl (C=O) groups is 1. The fraction of sp³-hybridized carbons (Fsp3) is 0.143. The van der Waals surface area contributed by atoms with E-state index >= 15 is 0 Å². The van der Waals surface area contributed by atoms with Crippen molar-refractivity contribution in [3.63, 3.8) is 0 Å². The van der Waals surface area contributed by atoms with Crippen molar-refractivity contribution in [1.82, 2.24) is 5.01 Å². The molecule has 1 aliphatic heterocycles. The SMILES string of the molecule is CS(=O)(=O)Nc1ccc(C2=NN(C(=O)c3ccccc3)[C@@H](c3cccs3)C2)cc1. The number of thiophene rings is 1. The minimum absolute atomic E-state index is 0.144. The molecule has 8 heteroatoms. The van der Waals surface area contributed by atoms with Gasteiger partial charge in [-0.05, 0) is 41.3 Å². The molecule has 0 fully saturated rings. The predicted octanol–water partition coefficient (Wildman–Crippen LogP) is 4.11. The van der Waals surface area contributed by atoms with E-state index in [1.807, 2.05) is 47.8 Å². The molecule has 3 aromatic rings. The van der Waals surface area contributed by atoms with Crippen molar-refractivity contribution in [3.8, 4) is 0 Å². The summed E-state index contributed by atoms with van der Waals surface area (Å²) in [6.07, 6.45) is 1.71. The van der Waals surface area contributed by atoms with Gasteiger partial charge >= 0.3 is 0 Å². The molecule has 0 saturated heterocycles. The largest absolute Gasteiger partial charge is 0.284 e. The lowest BCUT2D eigenvalue weighted by atomic mass is 10.0. The Balaban J connectivity index is 1.65. The number of nitrogens with zero attached hydrogens (tertiary/aromatic N) is 2. The maximum Gasteiger partial charge on any atom is 0.274 e. The maximum absolute atomic E-state index is 13.1. The lowest BCUT2D eigenvalue weighted by molar-refractivity contribution is 0.0714. The molecule has 0 bridgehead atoms. The topological polar surface area (TPSA) is 78.8 Å². The molecule has 0 spiro atoms. The van der Waals surface area contributed by atoms with E-state index in [2.05, 4.69) is 9.82 Å². The normalized spacial score (nSPS) is 16.5. The van der Waals surface area contributed by atoms with Gasteiger partial charge in [-0.3, -0.25) is 9.52 Å². The first kappa shape index (κ1) is 19.4. The minimum Gasteiger partial charge on any atom is -0.284 e. The van der Waals surface area contributed by atoms with Crippen LogP contribution in [0.4, 0.5) is 5.69 Å². The molecule has 2 heterocycles. The Hall–Kier alpha value is -2.97. The Kier molecular flexibility index (Phi) is 5.21. The number of carbonyl (C=O) groups excluding carboxylic acids is 1. The second kappa shape index (κ2) is 7.81. The summed E-state index contributed by atoms with van der Waals surface area (Å²) in [5.41, 5.74) is 2.72. The molecule has 29 heavy (non-hydrogen) atoms. The average molecular weight is 426 g/mol. The van der Waals surface area contributed by atoms with E-state index in [0.29, 0.717) is 17.7 Å².